The lowest BCUT2D eigenvalue weighted by atomic mass is 10.0. The largest absolute Gasteiger partial charge is 0.494 e. The molecule has 1 atom stereocenters. The first-order valence-corrected chi connectivity index (χ1v) is 8.29. The van der Waals surface area contributed by atoms with E-state index >= 15 is 0 Å². The van der Waals surface area contributed by atoms with Gasteiger partial charge in [-0.05, 0) is 69.4 Å². The van der Waals surface area contributed by atoms with E-state index in [4.69, 9.17) is 4.74 Å². The molecule has 0 N–H and O–H groups in total. The molecule has 0 saturated heterocycles. The predicted molar refractivity (Wildman–Crippen MR) is 95.4 cm³/mol. The summed E-state index contributed by atoms with van der Waals surface area (Å²) in [5.41, 5.74) is 2.41. The van der Waals surface area contributed by atoms with E-state index < -0.39 is 0 Å². The molecule has 0 radical (unpaired) electrons. The molecule has 2 rings (SSSR count). The van der Waals surface area contributed by atoms with Gasteiger partial charge in [-0.15, -0.1) is 0 Å². The molecule has 3 heteroatoms. The van der Waals surface area contributed by atoms with Crippen LogP contribution in [-0.2, 0) is 0 Å². The Morgan fingerprint density at radius 3 is 2.43 bits per heavy atom. The van der Waals surface area contributed by atoms with Crippen molar-refractivity contribution in [3.8, 4) is 17.1 Å². The molecule has 2 aromatic rings. The fourth-order valence-electron chi connectivity index (χ4n) is 2.33. The monoisotopic (exact) mass is 310 g/mol. The first kappa shape index (κ1) is 17.2. The van der Waals surface area contributed by atoms with Crippen molar-refractivity contribution in [1.82, 2.24) is 9.97 Å². The van der Waals surface area contributed by atoms with Crippen LogP contribution in [0.25, 0.3) is 11.4 Å². The molecule has 1 aromatic carbocycles. The highest BCUT2D eigenvalue weighted by Crippen LogP contribution is 2.19. The minimum Gasteiger partial charge on any atom is -0.494 e. The second kappa shape index (κ2) is 9.09. The quantitative estimate of drug-likeness (QED) is 0.621. The molecule has 0 aliphatic heterocycles. The van der Waals surface area contributed by atoms with Gasteiger partial charge in [0.1, 0.15) is 5.75 Å². The van der Waals surface area contributed by atoms with Crippen LogP contribution in [-0.4, -0.2) is 16.6 Å². The maximum atomic E-state index is 5.84. The normalized spacial score (nSPS) is 11.8. The zero-order valence-electron chi connectivity index (χ0n) is 14.3. The van der Waals surface area contributed by atoms with Crippen LogP contribution in [0.1, 0.15) is 40.0 Å². The van der Waals surface area contributed by atoms with Gasteiger partial charge < -0.3 is 4.74 Å². The summed E-state index contributed by atoms with van der Waals surface area (Å²) in [4.78, 5) is 8.50. The van der Waals surface area contributed by atoms with Gasteiger partial charge >= 0.3 is 0 Å². The standard InChI is InChI=1S/C20H26N2O/c1-16(2)6-4-7-17(3)12-15-23-19-10-8-18(9-11-19)20-21-13-5-14-22-20/h5-6,8-11,13-14,17H,4,7,12,15H2,1-3H3. The van der Waals surface area contributed by atoms with E-state index in [0.717, 1.165) is 36.6 Å². The topological polar surface area (TPSA) is 35.0 Å². The molecule has 0 amide bonds. The Hall–Kier alpha value is -2.16. The van der Waals surface area contributed by atoms with Crippen LogP contribution in [0.15, 0.2) is 54.4 Å². The van der Waals surface area contributed by atoms with E-state index in [1.807, 2.05) is 30.3 Å². The van der Waals surface area contributed by atoms with Crippen LogP contribution < -0.4 is 4.74 Å². The lowest BCUT2D eigenvalue weighted by molar-refractivity contribution is 0.279. The molecule has 0 bridgehead atoms. The van der Waals surface area contributed by atoms with Crippen LogP contribution in [0.5, 0.6) is 5.75 Å². The summed E-state index contributed by atoms with van der Waals surface area (Å²) in [6.45, 7) is 7.35. The molecule has 0 fully saturated rings. The lowest BCUT2D eigenvalue weighted by Gasteiger charge is -2.11. The lowest BCUT2D eigenvalue weighted by Crippen LogP contribution is -2.04. The third-order valence-electron chi connectivity index (χ3n) is 3.77. The highest BCUT2D eigenvalue weighted by Gasteiger charge is 2.03. The number of hydrogen-bond acceptors (Lipinski definition) is 3. The summed E-state index contributed by atoms with van der Waals surface area (Å²) in [7, 11) is 0. The van der Waals surface area contributed by atoms with Gasteiger partial charge in [0.2, 0.25) is 0 Å². The molecule has 0 aliphatic carbocycles. The number of allylic oxidation sites excluding steroid dienone is 2. The SMILES string of the molecule is CC(C)=CCCC(C)CCOc1ccc(-c2ncccn2)cc1. The number of aromatic nitrogens is 2. The highest BCUT2D eigenvalue weighted by atomic mass is 16.5. The summed E-state index contributed by atoms with van der Waals surface area (Å²) in [5, 5.41) is 0. The van der Waals surface area contributed by atoms with Crippen molar-refractivity contribution in [2.24, 2.45) is 5.92 Å². The molecule has 0 saturated carbocycles. The number of hydrogen-bond donors (Lipinski definition) is 0. The van der Waals surface area contributed by atoms with E-state index in [1.165, 1.54) is 12.0 Å². The van der Waals surface area contributed by atoms with Crippen molar-refractivity contribution in [3.05, 3.63) is 54.4 Å². The summed E-state index contributed by atoms with van der Waals surface area (Å²) < 4.78 is 5.84. The maximum Gasteiger partial charge on any atom is 0.159 e. The molecular weight excluding hydrogens is 284 g/mol. The van der Waals surface area contributed by atoms with Crippen LogP contribution >= 0.6 is 0 Å². The van der Waals surface area contributed by atoms with Crippen LogP contribution in [0.4, 0.5) is 0 Å². The maximum absolute atomic E-state index is 5.84. The molecule has 0 spiro atoms. The Labute approximate surface area is 139 Å². The molecule has 23 heavy (non-hydrogen) atoms. The zero-order chi connectivity index (χ0) is 16.5. The van der Waals surface area contributed by atoms with E-state index in [2.05, 4.69) is 36.8 Å². The number of ether oxygens (including phenoxy) is 1. The van der Waals surface area contributed by atoms with Crippen molar-refractivity contribution in [2.75, 3.05) is 6.61 Å². The van der Waals surface area contributed by atoms with Gasteiger partial charge in [-0.25, -0.2) is 9.97 Å². The van der Waals surface area contributed by atoms with Crippen LogP contribution in [0.2, 0.25) is 0 Å². The van der Waals surface area contributed by atoms with Gasteiger partial charge in [0.25, 0.3) is 0 Å². The molecule has 1 aromatic heterocycles. The summed E-state index contributed by atoms with van der Waals surface area (Å²) >= 11 is 0. The molecule has 122 valence electrons. The number of benzene rings is 1. The fraction of sp³-hybridized carbons (Fsp3) is 0.400. The number of nitrogens with zero attached hydrogens (tertiary/aromatic N) is 2. The average molecular weight is 310 g/mol. The highest BCUT2D eigenvalue weighted by molar-refractivity contribution is 5.55. The molecular formula is C20H26N2O. The summed E-state index contributed by atoms with van der Waals surface area (Å²) in [6.07, 6.45) is 9.28. The Morgan fingerprint density at radius 1 is 1.09 bits per heavy atom. The fourth-order valence-corrected chi connectivity index (χ4v) is 2.33. The Morgan fingerprint density at radius 2 is 1.78 bits per heavy atom. The van der Waals surface area contributed by atoms with Crippen molar-refractivity contribution in [1.29, 1.82) is 0 Å². The molecule has 1 unspecified atom stereocenters. The van der Waals surface area contributed by atoms with Gasteiger partial charge in [0, 0.05) is 18.0 Å². The van der Waals surface area contributed by atoms with E-state index in [1.54, 1.807) is 12.4 Å². The van der Waals surface area contributed by atoms with E-state index in [9.17, 15) is 0 Å². The summed E-state index contributed by atoms with van der Waals surface area (Å²) in [5.74, 6) is 2.33. The van der Waals surface area contributed by atoms with Gasteiger partial charge in [-0.1, -0.05) is 18.6 Å². The molecule has 0 aliphatic rings. The minimum atomic E-state index is 0.683. The zero-order valence-corrected chi connectivity index (χ0v) is 14.3. The Kier molecular flexibility index (Phi) is 6.79. The third kappa shape index (κ3) is 6.23. The third-order valence-corrected chi connectivity index (χ3v) is 3.77. The molecule has 3 nitrogen and oxygen atoms in total. The van der Waals surface area contributed by atoms with Crippen LogP contribution in [0.3, 0.4) is 0 Å². The second-order valence-electron chi connectivity index (χ2n) is 6.20. The van der Waals surface area contributed by atoms with E-state index in [0.29, 0.717) is 5.92 Å². The molecule has 1 heterocycles. The Balaban J connectivity index is 1.75. The van der Waals surface area contributed by atoms with Gasteiger partial charge in [-0.2, -0.15) is 0 Å². The van der Waals surface area contributed by atoms with Crippen LogP contribution in [0, 0.1) is 5.92 Å². The van der Waals surface area contributed by atoms with Crippen molar-refractivity contribution in [2.45, 2.75) is 40.0 Å². The average Bonchev–Trinajstić information content (AvgIpc) is 2.56. The predicted octanol–water partition coefficient (Wildman–Crippen LogP) is 5.30. The second-order valence-corrected chi connectivity index (χ2v) is 6.20. The smallest absolute Gasteiger partial charge is 0.159 e. The van der Waals surface area contributed by atoms with Gasteiger partial charge in [-0.3, -0.25) is 0 Å². The van der Waals surface area contributed by atoms with Crippen molar-refractivity contribution < 1.29 is 4.74 Å². The minimum absolute atomic E-state index is 0.683. The summed E-state index contributed by atoms with van der Waals surface area (Å²) in [6, 6.07) is 9.80. The number of rotatable bonds is 8. The van der Waals surface area contributed by atoms with Gasteiger partial charge in [0.05, 0.1) is 6.61 Å². The first-order valence-electron chi connectivity index (χ1n) is 8.29. The first-order chi connectivity index (χ1) is 11.1. The van der Waals surface area contributed by atoms with E-state index in [-0.39, 0.29) is 0 Å². The van der Waals surface area contributed by atoms with Crippen molar-refractivity contribution in [3.63, 3.8) is 0 Å². The Bertz CT molecular complexity index is 601. The van der Waals surface area contributed by atoms with Crippen molar-refractivity contribution >= 4 is 0 Å². The van der Waals surface area contributed by atoms with Gasteiger partial charge in [0.15, 0.2) is 5.82 Å².